The second kappa shape index (κ2) is 4.94. The van der Waals surface area contributed by atoms with Crippen molar-refractivity contribution in [2.24, 2.45) is 10.2 Å². The van der Waals surface area contributed by atoms with E-state index in [-0.39, 0.29) is 0 Å². The van der Waals surface area contributed by atoms with Gasteiger partial charge in [-0.2, -0.15) is 10.2 Å². The van der Waals surface area contributed by atoms with Crippen molar-refractivity contribution in [3.63, 3.8) is 0 Å². The lowest BCUT2D eigenvalue weighted by atomic mass is 10.2. The molecule has 1 aromatic heterocycles. The molecule has 16 heavy (non-hydrogen) atoms. The van der Waals surface area contributed by atoms with Crippen LogP contribution in [0.3, 0.4) is 0 Å². The zero-order chi connectivity index (χ0) is 11.2. The minimum absolute atomic E-state index is 0.646. The molecule has 1 aliphatic heterocycles. The maximum atomic E-state index is 5.17. The molecule has 0 radical (unpaired) electrons. The summed E-state index contributed by atoms with van der Waals surface area (Å²) in [6.45, 7) is 0. The SMILES string of the molecule is C#CCCC1=NNC(c2ccncc2)=NN1. The summed E-state index contributed by atoms with van der Waals surface area (Å²) < 4.78 is 0. The largest absolute Gasteiger partial charge is 0.265 e. The molecule has 80 valence electrons. The van der Waals surface area contributed by atoms with E-state index in [1.807, 2.05) is 12.1 Å². The predicted molar refractivity (Wildman–Crippen MR) is 62.5 cm³/mol. The van der Waals surface area contributed by atoms with Crippen LogP contribution in [0.15, 0.2) is 34.7 Å². The minimum atomic E-state index is 0.646. The maximum absolute atomic E-state index is 5.17. The third kappa shape index (κ3) is 2.36. The summed E-state index contributed by atoms with van der Waals surface area (Å²) in [5.41, 5.74) is 6.67. The summed E-state index contributed by atoms with van der Waals surface area (Å²) in [5.74, 6) is 3.97. The fraction of sp³-hybridized carbons (Fsp3) is 0.182. The van der Waals surface area contributed by atoms with Gasteiger partial charge in [-0.1, -0.05) is 0 Å². The van der Waals surface area contributed by atoms with Gasteiger partial charge in [0.05, 0.1) is 0 Å². The number of terminal acetylenes is 1. The van der Waals surface area contributed by atoms with Crippen LogP contribution in [0.2, 0.25) is 0 Å². The Kier molecular flexibility index (Phi) is 3.14. The van der Waals surface area contributed by atoms with Gasteiger partial charge in [0.2, 0.25) is 0 Å². The molecule has 2 heterocycles. The summed E-state index contributed by atoms with van der Waals surface area (Å²) in [5, 5.41) is 8.30. The van der Waals surface area contributed by atoms with Crippen molar-refractivity contribution in [1.82, 2.24) is 15.8 Å². The number of hydrogen-bond acceptors (Lipinski definition) is 5. The van der Waals surface area contributed by atoms with E-state index in [4.69, 9.17) is 6.42 Å². The van der Waals surface area contributed by atoms with E-state index in [0.717, 1.165) is 11.4 Å². The van der Waals surface area contributed by atoms with Crippen LogP contribution in [0, 0.1) is 12.3 Å². The smallest absolute Gasteiger partial charge is 0.173 e. The zero-order valence-electron chi connectivity index (χ0n) is 8.64. The Morgan fingerprint density at radius 3 is 2.62 bits per heavy atom. The molecule has 2 N–H and O–H groups in total. The number of hydrazone groups is 2. The van der Waals surface area contributed by atoms with Crippen molar-refractivity contribution < 1.29 is 0 Å². The number of pyridine rings is 1. The normalized spacial score (nSPS) is 13.9. The first-order valence-electron chi connectivity index (χ1n) is 4.90. The first kappa shape index (κ1) is 10.2. The van der Waals surface area contributed by atoms with E-state index in [2.05, 4.69) is 32.0 Å². The van der Waals surface area contributed by atoms with Gasteiger partial charge in [0.15, 0.2) is 5.84 Å². The molecular formula is C11H11N5. The highest BCUT2D eigenvalue weighted by Crippen LogP contribution is 2.00. The van der Waals surface area contributed by atoms with Gasteiger partial charge in [-0.05, 0) is 12.1 Å². The van der Waals surface area contributed by atoms with Gasteiger partial charge in [0, 0.05) is 30.8 Å². The lowest BCUT2D eigenvalue weighted by Crippen LogP contribution is -2.33. The number of hydrogen-bond donors (Lipinski definition) is 2. The highest BCUT2D eigenvalue weighted by Gasteiger charge is 2.08. The van der Waals surface area contributed by atoms with E-state index < -0.39 is 0 Å². The average Bonchev–Trinajstić information content (AvgIpc) is 2.38. The quantitative estimate of drug-likeness (QED) is 0.725. The zero-order valence-corrected chi connectivity index (χ0v) is 8.64. The van der Waals surface area contributed by atoms with Crippen LogP contribution in [-0.2, 0) is 0 Å². The van der Waals surface area contributed by atoms with Gasteiger partial charge in [0.1, 0.15) is 5.84 Å². The summed E-state index contributed by atoms with van der Waals surface area (Å²) in [7, 11) is 0. The summed E-state index contributed by atoms with van der Waals surface area (Å²) in [4.78, 5) is 3.93. The summed E-state index contributed by atoms with van der Waals surface area (Å²) in [6, 6.07) is 3.71. The second-order valence-corrected chi connectivity index (χ2v) is 3.18. The molecule has 0 amide bonds. The topological polar surface area (TPSA) is 61.7 Å². The fourth-order valence-corrected chi connectivity index (χ4v) is 1.23. The van der Waals surface area contributed by atoms with Crippen molar-refractivity contribution in [2.45, 2.75) is 12.8 Å². The van der Waals surface area contributed by atoms with Crippen molar-refractivity contribution in [2.75, 3.05) is 0 Å². The Bertz CT molecular complexity index is 455. The van der Waals surface area contributed by atoms with E-state index >= 15 is 0 Å². The average molecular weight is 213 g/mol. The van der Waals surface area contributed by atoms with Crippen LogP contribution in [0.4, 0.5) is 0 Å². The van der Waals surface area contributed by atoms with Crippen molar-refractivity contribution >= 4 is 11.7 Å². The number of rotatable bonds is 3. The van der Waals surface area contributed by atoms with E-state index in [0.29, 0.717) is 18.7 Å². The summed E-state index contributed by atoms with van der Waals surface area (Å²) >= 11 is 0. The molecular weight excluding hydrogens is 202 g/mol. The van der Waals surface area contributed by atoms with Crippen molar-refractivity contribution in [1.29, 1.82) is 0 Å². The molecule has 2 rings (SSSR count). The Hall–Kier alpha value is -2.35. The monoisotopic (exact) mass is 213 g/mol. The third-order valence-electron chi connectivity index (χ3n) is 2.05. The molecule has 0 spiro atoms. The minimum Gasteiger partial charge on any atom is -0.265 e. The van der Waals surface area contributed by atoms with Gasteiger partial charge < -0.3 is 0 Å². The second-order valence-electron chi connectivity index (χ2n) is 3.18. The fourth-order valence-electron chi connectivity index (χ4n) is 1.23. The first-order valence-corrected chi connectivity index (χ1v) is 4.90. The number of amidine groups is 2. The molecule has 5 nitrogen and oxygen atoms in total. The van der Waals surface area contributed by atoms with Gasteiger partial charge in [-0.25, -0.2) is 0 Å². The highest BCUT2D eigenvalue weighted by atomic mass is 15.5. The first-order chi connectivity index (χ1) is 7.90. The lowest BCUT2D eigenvalue weighted by Gasteiger charge is -2.13. The molecule has 0 saturated carbocycles. The molecule has 0 unspecified atom stereocenters. The predicted octanol–water partition coefficient (Wildman–Crippen LogP) is 0.663. The molecule has 1 aliphatic rings. The van der Waals surface area contributed by atoms with Crippen LogP contribution in [0.5, 0.6) is 0 Å². The molecule has 0 saturated heterocycles. The van der Waals surface area contributed by atoms with Crippen LogP contribution in [-0.4, -0.2) is 16.7 Å². The highest BCUT2D eigenvalue weighted by molar-refractivity contribution is 6.01. The van der Waals surface area contributed by atoms with Gasteiger partial charge in [0.25, 0.3) is 0 Å². The Labute approximate surface area is 93.7 Å². The molecule has 0 fully saturated rings. The lowest BCUT2D eigenvalue weighted by molar-refractivity contribution is 0.846. The van der Waals surface area contributed by atoms with Crippen LogP contribution in [0.25, 0.3) is 0 Å². The Morgan fingerprint density at radius 2 is 2.00 bits per heavy atom. The van der Waals surface area contributed by atoms with Gasteiger partial charge in [-0.3, -0.25) is 15.8 Å². The van der Waals surface area contributed by atoms with E-state index in [1.54, 1.807) is 12.4 Å². The Balaban J connectivity index is 1.99. The van der Waals surface area contributed by atoms with E-state index in [1.165, 1.54) is 0 Å². The summed E-state index contributed by atoms with van der Waals surface area (Å²) in [6.07, 6.45) is 9.92. The molecule has 0 aliphatic carbocycles. The molecule has 0 aromatic carbocycles. The number of nitrogens with one attached hydrogen (secondary N) is 2. The Morgan fingerprint density at radius 1 is 1.19 bits per heavy atom. The molecule has 5 heteroatoms. The van der Waals surface area contributed by atoms with Gasteiger partial charge >= 0.3 is 0 Å². The number of nitrogens with zero attached hydrogens (tertiary/aromatic N) is 3. The van der Waals surface area contributed by atoms with Crippen molar-refractivity contribution in [3.8, 4) is 12.3 Å². The van der Waals surface area contributed by atoms with Gasteiger partial charge in [-0.15, -0.1) is 12.3 Å². The van der Waals surface area contributed by atoms with Crippen molar-refractivity contribution in [3.05, 3.63) is 30.1 Å². The van der Waals surface area contributed by atoms with Crippen LogP contribution >= 0.6 is 0 Å². The standard InChI is InChI=1S/C11H11N5/c1-2-3-4-10-13-15-11(16-14-10)9-5-7-12-8-6-9/h1,5-8H,3-4H2,(H,13,14)(H,15,16). The molecule has 0 bridgehead atoms. The maximum Gasteiger partial charge on any atom is 0.173 e. The third-order valence-corrected chi connectivity index (χ3v) is 2.05. The molecule has 0 atom stereocenters. The molecule has 1 aromatic rings. The van der Waals surface area contributed by atoms with Crippen LogP contribution < -0.4 is 10.9 Å². The number of aromatic nitrogens is 1. The van der Waals surface area contributed by atoms with Crippen LogP contribution in [0.1, 0.15) is 18.4 Å². The van der Waals surface area contributed by atoms with E-state index in [9.17, 15) is 0 Å².